The van der Waals surface area contributed by atoms with Crippen LogP contribution < -0.4 is 27.0 Å². The van der Waals surface area contributed by atoms with E-state index in [-0.39, 0.29) is 29.9 Å². The number of aliphatic hydroxyl groups excluding tert-OH is 1. The normalized spacial score (nSPS) is 20.6. The lowest BCUT2D eigenvalue weighted by Gasteiger charge is -2.18. The Labute approximate surface area is 189 Å². The Bertz CT molecular complexity index is 909. The topological polar surface area (TPSA) is 206 Å². The van der Waals surface area contributed by atoms with E-state index in [4.69, 9.17) is 5.73 Å². The number of anilines is 1. The number of benzene rings is 1. The maximum Gasteiger partial charge on any atom is 0.271 e. The number of hydrogen-bond acceptors (Lipinski definition) is 8. The monoisotopic (exact) mass is 548 g/mol. The van der Waals surface area contributed by atoms with Crippen molar-refractivity contribution in [2.45, 2.75) is 24.9 Å². The number of nitro benzene ring substituents is 1. The molecule has 0 aromatic heterocycles. The largest absolute Gasteiger partial charge is 0.394 e. The van der Waals surface area contributed by atoms with Crippen LogP contribution in [0.2, 0.25) is 0 Å². The zero-order valence-electron chi connectivity index (χ0n) is 16.1. The second-order valence-corrected chi connectivity index (χ2v) is 7.79. The molecule has 168 valence electrons. The van der Waals surface area contributed by atoms with Gasteiger partial charge in [0.05, 0.1) is 29.3 Å². The first-order valence-corrected chi connectivity index (χ1v) is 10.2. The maximum atomic E-state index is 12.8. The van der Waals surface area contributed by atoms with Crippen LogP contribution in [0.3, 0.4) is 0 Å². The van der Waals surface area contributed by atoms with E-state index in [1.54, 1.807) is 0 Å². The first-order valence-electron chi connectivity index (χ1n) is 9.14. The third kappa shape index (κ3) is 6.48. The summed E-state index contributed by atoms with van der Waals surface area (Å²) in [6, 6.07) is -0.0554. The molecule has 0 unspecified atom stereocenters. The molecule has 14 heteroatoms. The Morgan fingerprint density at radius 3 is 2.58 bits per heavy atom. The summed E-state index contributed by atoms with van der Waals surface area (Å²) < 4.78 is 0.381. The summed E-state index contributed by atoms with van der Waals surface area (Å²) in [5.41, 5.74) is 5.17. The van der Waals surface area contributed by atoms with Gasteiger partial charge in [0.15, 0.2) is 0 Å². The maximum absolute atomic E-state index is 12.8. The average molecular weight is 548 g/mol. The van der Waals surface area contributed by atoms with Gasteiger partial charge in [0, 0.05) is 22.2 Å². The van der Waals surface area contributed by atoms with Gasteiger partial charge in [0.1, 0.15) is 12.1 Å². The van der Waals surface area contributed by atoms with Gasteiger partial charge >= 0.3 is 0 Å². The lowest BCUT2D eigenvalue weighted by atomic mass is 10.1. The Kier molecular flexibility index (Phi) is 8.49. The van der Waals surface area contributed by atoms with Crippen LogP contribution in [0, 0.1) is 13.7 Å². The fraction of sp³-hybridized carbons (Fsp3) is 0.412. The van der Waals surface area contributed by atoms with Crippen LogP contribution in [0.25, 0.3) is 0 Å². The highest BCUT2D eigenvalue weighted by atomic mass is 127. The van der Waals surface area contributed by atoms with Crippen molar-refractivity contribution >= 4 is 57.6 Å². The first kappa shape index (κ1) is 24.3. The van der Waals surface area contributed by atoms with Gasteiger partial charge in [-0.3, -0.25) is 29.3 Å². The van der Waals surface area contributed by atoms with E-state index < -0.39 is 53.8 Å². The quantitative estimate of drug-likeness (QED) is 0.150. The number of hydrogen-bond donors (Lipinski definition) is 6. The molecule has 2 atom stereocenters. The Morgan fingerprint density at radius 1 is 1.26 bits per heavy atom. The highest BCUT2D eigenvalue weighted by Gasteiger charge is 2.26. The first-order chi connectivity index (χ1) is 14.6. The molecule has 1 aliphatic heterocycles. The molecule has 1 aromatic carbocycles. The number of carbonyl (C=O) groups excluding carboxylic acids is 4. The summed E-state index contributed by atoms with van der Waals surface area (Å²) >= 11 is 1.83. The molecule has 1 aromatic rings. The smallest absolute Gasteiger partial charge is 0.271 e. The second-order valence-electron chi connectivity index (χ2n) is 6.63. The molecule has 0 fully saturated rings. The standard InChI is InChI=1S/C17H21IN6O7/c18-10-5-8(24(30)31)4-9-14(10)20-3-1-2-11(15(19)27)22-13(26)6-21-17(29)12(7-25)23-16(9)28/h4-5,11-12,20,25H,1-3,6-7H2,(H2,19,27)(H,21,29)(H,22,26)(H,23,28)/t11-,12-/m0/s1. The minimum atomic E-state index is -1.41. The van der Waals surface area contributed by atoms with Crippen molar-refractivity contribution in [1.29, 1.82) is 0 Å². The summed E-state index contributed by atoms with van der Waals surface area (Å²) in [6.07, 6.45) is 0.556. The zero-order valence-corrected chi connectivity index (χ0v) is 18.3. The van der Waals surface area contributed by atoms with Crippen molar-refractivity contribution in [2.75, 3.05) is 25.0 Å². The lowest BCUT2D eigenvalue weighted by molar-refractivity contribution is -0.384. The number of nitrogens with two attached hydrogens (primary N) is 1. The predicted octanol–water partition coefficient (Wildman–Crippen LogP) is -1.42. The fourth-order valence-electron chi connectivity index (χ4n) is 2.83. The summed E-state index contributed by atoms with van der Waals surface area (Å²) in [7, 11) is 0. The molecule has 1 aliphatic rings. The lowest BCUT2D eigenvalue weighted by Crippen LogP contribution is -2.52. The van der Waals surface area contributed by atoms with Crippen LogP contribution >= 0.6 is 22.6 Å². The van der Waals surface area contributed by atoms with Crippen LogP contribution in [0.4, 0.5) is 11.4 Å². The molecule has 7 N–H and O–H groups in total. The highest BCUT2D eigenvalue weighted by molar-refractivity contribution is 14.1. The molecule has 0 radical (unpaired) electrons. The van der Waals surface area contributed by atoms with E-state index in [2.05, 4.69) is 21.3 Å². The van der Waals surface area contributed by atoms with Gasteiger partial charge in [-0.25, -0.2) is 0 Å². The van der Waals surface area contributed by atoms with E-state index in [1.165, 1.54) is 6.07 Å². The van der Waals surface area contributed by atoms with Crippen LogP contribution in [0.15, 0.2) is 12.1 Å². The molecule has 0 aliphatic carbocycles. The van der Waals surface area contributed by atoms with Crippen molar-refractivity contribution in [3.63, 3.8) is 0 Å². The Morgan fingerprint density at radius 2 is 1.97 bits per heavy atom. The molecular formula is C17H21IN6O7. The van der Waals surface area contributed by atoms with Crippen molar-refractivity contribution in [3.05, 3.63) is 31.4 Å². The SMILES string of the molecule is NC(=O)[C@@H]1CCCNc2c(I)cc([N+](=O)[O-])cc2C(=O)N[C@@H](CO)C(=O)NCC(=O)N1. The second kappa shape index (κ2) is 10.9. The molecule has 0 saturated carbocycles. The van der Waals surface area contributed by atoms with Gasteiger partial charge in [0.25, 0.3) is 11.6 Å². The number of non-ortho nitro benzene ring substituents is 1. The van der Waals surface area contributed by atoms with Crippen molar-refractivity contribution in [2.24, 2.45) is 5.73 Å². The number of halogens is 1. The third-order valence-electron chi connectivity index (χ3n) is 4.41. The van der Waals surface area contributed by atoms with Gasteiger partial charge < -0.3 is 32.1 Å². The van der Waals surface area contributed by atoms with Crippen LogP contribution in [0.1, 0.15) is 23.2 Å². The van der Waals surface area contributed by atoms with Crippen LogP contribution in [0.5, 0.6) is 0 Å². The van der Waals surface area contributed by atoms with E-state index in [1.807, 2.05) is 22.6 Å². The zero-order chi connectivity index (χ0) is 23.1. The van der Waals surface area contributed by atoms with Gasteiger partial charge in [-0.15, -0.1) is 0 Å². The van der Waals surface area contributed by atoms with Gasteiger partial charge in [0.2, 0.25) is 17.7 Å². The van der Waals surface area contributed by atoms with Gasteiger partial charge in [-0.2, -0.15) is 0 Å². The van der Waals surface area contributed by atoms with Crippen LogP contribution in [-0.2, 0) is 14.4 Å². The van der Waals surface area contributed by atoms with E-state index in [9.17, 15) is 34.4 Å². The molecular weight excluding hydrogens is 527 g/mol. The number of nitro groups is 1. The number of primary amides is 1. The van der Waals surface area contributed by atoms with E-state index in [0.29, 0.717) is 9.99 Å². The number of aliphatic hydroxyl groups is 1. The number of fused-ring (bicyclic) bond motifs is 1. The Balaban J connectivity index is 2.42. The molecule has 0 saturated heterocycles. The van der Waals surface area contributed by atoms with E-state index in [0.717, 1.165) is 6.07 Å². The van der Waals surface area contributed by atoms with Crippen LogP contribution in [-0.4, -0.2) is 65.4 Å². The molecule has 1 heterocycles. The minimum absolute atomic E-state index is 0.0969. The highest BCUT2D eigenvalue weighted by Crippen LogP contribution is 2.29. The number of carbonyl (C=O) groups is 4. The Hall–Kier alpha value is -3.01. The van der Waals surface area contributed by atoms with Gasteiger partial charge in [-0.05, 0) is 35.4 Å². The number of nitrogens with zero attached hydrogens (tertiary/aromatic N) is 1. The molecule has 2 rings (SSSR count). The number of nitrogens with one attached hydrogen (secondary N) is 4. The molecule has 0 spiro atoms. The summed E-state index contributed by atoms with van der Waals surface area (Å²) in [5.74, 6) is -3.10. The number of rotatable bonds is 3. The summed E-state index contributed by atoms with van der Waals surface area (Å²) in [6.45, 7) is -1.03. The van der Waals surface area contributed by atoms with Crippen molar-refractivity contribution < 1.29 is 29.2 Å². The van der Waals surface area contributed by atoms with Crippen molar-refractivity contribution in [1.82, 2.24) is 16.0 Å². The van der Waals surface area contributed by atoms with Crippen molar-refractivity contribution in [3.8, 4) is 0 Å². The fourth-order valence-corrected chi connectivity index (χ4v) is 3.63. The average Bonchev–Trinajstić information content (AvgIpc) is 2.71. The van der Waals surface area contributed by atoms with E-state index >= 15 is 0 Å². The molecule has 31 heavy (non-hydrogen) atoms. The third-order valence-corrected chi connectivity index (χ3v) is 5.26. The minimum Gasteiger partial charge on any atom is -0.394 e. The molecule has 13 nitrogen and oxygen atoms in total. The van der Waals surface area contributed by atoms with Gasteiger partial charge in [-0.1, -0.05) is 0 Å². The molecule has 0 bridgehead atoms. The summed E-state index contributed by atoms with van der Waals surface area (Å²) in [5, 5.41) is 30.7. The predicted molar refractivity (Wildman–Crippen MR) is 116 cm³/mol. The number of amides is 4. The summed E-state index contributed by atoms with van der Waals surface area (Å²) in [4.78, 5) is 59.2. The molecule has 4 amide bonds.